The minimum atomic E-state index is -1.08. The largest absolute Gasteiger partial charge is 0.242 e. The van der Waals surface area contributed by atoms with Crippen LogP contribution in [0.25, 0.3) is 0 Å². The van der Waals surface area contributed by atoms with E-state index < -0.39 is 11.0 Å². The van der Waals surface area contributed by atoms with Crippen molar-refractivity contribution in [2.24, 2.45) is 0 Å². The predicted molar refractivity (Wildman–Crippen MR) is 83.3 cm³/mol. The van der Waals surface area contributed by atoms with Crippen molar-refractivity contribution in [1.29, 1.82) is 0 Å². The summed E-state index contributed by atoms with van der Waals surface area (Å²) in [5, 5.41) is 0. The van der Waals surface area contributed by atoms with Gasteiger partial charge >= 0.3 is 0 Å². The standard InChI is InChI=1S/C16H23NOS/c1-5-9-15(17-19(18)16(2,3)4)13-12-14-10-7-6-8-11-14/h6-11,15,17H,1,12-13H2,2-4H3/t15-,19+/m0/s1. The first-order chi connectivity index (χ1) is 8.93. The molecule has 0 aromatic heterocycles. The maximum atomic E-state index is 12.1. The third kappa shape index (κ3) is 6.02. The zero-order valence-electron chi connectivity index (χ0n) is 12.0. The lowest BCUT2D eigenvalue weighted by Gasteiger charge is -2.22. The Morgan fingerprint density at radius 2 is 2.00 bits per heavy atom. The van der Waals surface area contributed by atoms with Gasteiger partial charge in [-0.15, -0.1) is 5.73 Å². The number of nitrogens with one attached hydrogen (secondary N) is 1. The van der Waals surface area contributed by atoms with Crippen molar-refractivity contribution in [2.45, 2.75) is 44.4 Å². The molecule has 19 heavy (non-hydrogen) atoms. The van der Waals surface area contributed by atoms with Gasteiger partial charge in [0.05, 0.1) is 15.7 Å². The van der Waals surface area contributed by atoms with Crippen LogP contribution in [0.5, 0.6) is 0 Å². The van der Waals surface area contributed by atoms with Gasteiger partial charge in [0.25, 0.3) is 0 Å². The molecule has 0 spiro atoms. The molecule has 3 heteroatoms. The second kappa shape index (κ2) is 7.44. The second-order valence-electron chi connectivity index (χ2n) is 5.50. The first-order valence-corrected chi connectivity index (χ1v) is 7.66. The molecule has 0 amide bonds. The van der Waals surface area contributed by atoms with E-state index in [2.05, 4.69) is 29.2 Å². The Hall–Kier alpha value is -1.15. The summed E-state index contributed by atoms with van der Waals surface area (Å²) in [5.74, 6) is 0. The van der Waals surface area contributed by atoms with Crippen LogP contribution < -0.4 is 4.72 Å². The fourth-order valence-electron chi connectivity index (χ4n) is 1.60. The summed E-state index contributed by atoms with van der Waals surface area (Å²) >= 11 is 0. The van der Waals surface area contributed by atoms with Gasteiger partial charge in [0, 0.05) is 6.04 Å². The van der Waals surface area contributed by atoms with Crippen LogP contribution in [-0.4, -0.2) is 15.0 Å². The molecule has 1 aromatic rings. The maximum absolute atomic E-state index is 12.1. The molecule has 1 aromatic carbocycles. The van der Waals surface area contributed by atoms with Gasteiger partial charge in [0.2, 0.25) is 0 Å². The van der Waals surface area contributed by atoms with Gasteiger partial charge in [-0.05, 0) is 45.3 Å². The van der Waals surface area contributed by atoms with E-state index in [1.165, 1.54) is 5.56 Å². The quantitative estimate of drug-likeness (QED) is 0.794. The van der Waals surface area contributed by atoms with E-state index in [9.17, 15) is 4.21 Å². The van der Waals surface area contributed by atoms with Crippen molar-refractivity contribution in [3.8, 4) is 0 Å². The maximum Gasteiger partial charge on any atom is 0.0975 e. The molecule has 0 radical (unpaired) electrons. The molecular weight excluding hydrogens is 254 g/mol. The van der Waals surface area contributed by atoms with E-state index in [4.69, 9.17) is 0 Å². The van der Waals surface area contributed by atoms with Crippen molar-refractivity contribution in [3.63, 3.8) is 0 Å². The first-order valence-electron chi connectivity index (χ1n) is 6.51. The molecule has 1 rings (SSSR count). The number of benzene rings is 1. The zero-order chi connectivity index (χ0) is 14.3. The highest BCUT2D eigenvalue weighted by Gasteiger charge is 2.21. The van der Waals surface area contributed by atoms with Crippen LogP contribution >= 0.6 is 0 Å². The summed E-state index contributed by atoms with van der Waals surface area (Å²) in [6.45, 7) is 9.49. The lowest BCUT2D eigenvalue weighted by Crippen LogP contribution is -2.39. The molecule has 0 fully saturated rings. The van der Waals surface area contributed by atoms with Crippen LogP contribution in [-0.2, 0) is 17.4 Å². The first kappa shape index (κ1) is 15.9. The lowest BCUT2D eigenvalue weighted by atomic mass is 10.1. The normalized spacial score (nSPS) is 14.5. The van der Waals surface area contributed by atoms with Crippen LogP contribution in [0.15, 0.2) is 48.7 Å². The Kier molecular flexibility index (Phi) is 6.23. The SMILES string of the molecule is C=C=C[C@@H](CCc1ccccc1)N[S@](=O)C(C)(C)C. The summed E-state index contributed by atoms with van der Waals surface area (Å²) in [7, 11) is -1.08. The highest BCUT2D eigenvalue weighted by atomic mass is 32.2. The van der Waals surface area contributed by atoms with E-state index >= 15 is 0 Å². The highest BCUT2D eigenvalue weighted by Crippen LogP contribution is 2.12. The van der Waals surface area contributed by atoms with Gasteiger partial charge in [-0.1, -0.05) is 36.9 Å². The minimum Gasteiger partial charge on any atom is -0.242 e. The van der Waals surface area contributed by atoms with E-state index in [0.717, 1.165) is 12.8 Å². The van der Waals surface area contributed by atoms with E-state index in [-0.39, 0.29) is 10.8 Å². The average molecular weight is 277 g/mol. The van der Waals surface area contributed by atoms with E-state index in [0.29, 0.717) is 0 Å². The third-order valence-corrected chi connectivity index (χ3v) is 4.35. The Morgan fingerprint density at radius 1 is 1.37 bits per heavy atom. The van der Waals surface area contributed by atoms with Crippen molar-refractivity contribution in [3.05, 3.63) is 54.3 Å². The Balaban J connectivity index is 2.59. The Morgan fingerprint density at radius 3 is 2.53 bits per heavy atom. The second-order valence-corrected chi connectivity index (χ2v) is 7.50. The van der Waals surface area contributed by atoms with Crippen LogP contribution in [0.2, 0.25) is 0 Å². The molecule has 104 valence electrons. The molecule has 2 nitrogen and oxygen atoms in total. The van der Waals surface area contributed by atoms with Crippen LogP contribution in [0.3, 0.4) is 0 Å². The summed E-state index contributed by atoms with van der Waals surface area (Å²) in [4.78, 5) is 0. The minimum absolute atomic E-state index is 0.0396. The van der Waals surface area contributed by atoms with Gasteiger partial charge in [-0.2, -0.15) is 0 Å². The smallest absolute Gasteiger partial charge is 0.0975 e. The highest BCUT2D eigenvalue weighted by molar-refractivity contribution is 7.84. The van der Waals surface area contributed by atoms with Crippen LogP contribution in [0.4, 0.5) is 0 Å². The Labute approximate surface area is 119 Å². The van der Waals surface area contributed by atoms with Gasteiger partial charge in [-0.3, -0.25) is 0 Å². The lowest BCUT2D eigenvalue weighted by molar-refractivity contribution is 0.606. The Bertz CT molecular complexity index is 455. The topological polar surface area (TPSA) is 29.1 Å². The predicted octanol–water partition coefficient (Wildman–Crippen LogP) is 3.38. The molecular formula is C16H23NOS. The molecule has 0 unspecified atom stereocenters. The van der Waals surface area contributed by atoms with Crippen LogP contribution in [0.1, 0.15) is 32.8 Å². The van der Waals surface area contributed by atoms with E-state index in [1.54, 1.807) is 0 Å². The summed E-state index contributed by atoms with van der Waals surface area (Å²) in [6, 6.07) is 10.3. The zero-order valence-corrected chi connectivity index (χ0v) is 12.8. The molecule has 0 saturated heterocycles. The van der Waals surface area contributed by atoms with Crippen molar-refractivity contribution in [2.75, 3.05) is 0 Å². The number of hydrogen-bond donors (Lipinski definition) is 1. The number of rotatable bonds is 6. The monoisotopic (exact) mass is 277 g/mol. The molecule has 2 atom stereocenters. The van der Waals surface area contributed by atoms with Gasteiger partial charge in [0.15, 0.2) is 0 Å². The average Bonchev–Trinajstić information content (AvgIpc) is 2.36. The molecule has 0 aliphatic carbocycles. The van der Waals surface area contributed by atoms with Crippen molar-refractivity contribution < 1.29 is 4.21 Å². The summed E-state index contributed by atoms with van der Waals surface area (Å²) in [5.41, 5.74) is 4.07. The van der Waals surface area contributed by atoms with Gasteiger partial charge in [0.1, 0.15) is 0 Å². The van der Waals surface area contributed by atoms with Crippen molar-refractivity contribution >= 4 is 11.0 Å². The van der Waals surface area contributed by atoms with E-state index in [1.807, 2.05) is 45.0 Å². The number of aryl methyl sites for hydroxylation is 1. The van der Waals surface area contributed by atoms with Gasteiger partial charge in [-0.25, -0.2) is 8.93 Å². The molecule has 0 saturated carbocycles. The van der Waals surface area contributed by atoms with Crippen molar-refractivity contribution in [1.82, 2.24) is 4.72 Å². The molecule has 1 N–H and O–H groups in total. The molecule has 0 aliphatic rings. The third-order valence-electron chi connectivity index (χ3n) is 2.72. The molecule has 0 heterocycles. The fraction of sp³-hybridized carbons (Fsp3) is 0.438. The van der Waals surface area contributed by atoms with Crippen LogP contribution in [0, 0.1) is 0 Å². The van der Waals surface area contributed by atoms with Gasteiger partial charge < -0.3 is 0 Å². The summed E-state index contributed by atoms with van der Waals surface area (Å²) < 4.78 is 15.0. The summed E-state index contributed by atoms with van der Waals surface area (Å²) in [6.07, 6.45) is 3.68. The molecule has 0 aliphatic heterocycles. The fourth-order valence-corrected chi connectivity index (χ4v) is 2.41. The molecule has 0 bridgehead atoms. The number of hydrogen-bond acceptors (Lipinski definition) is 1.